The third-order valence-electron chi connectivity index (χ3n) is 4.02. The van der Waals surface area contributed by atoms with Crippen LogP contribution >= 0.6 is 0 Å². The van der Waals surface area contributed by atoms with Gasteiger partial charge in [-0.1, -0.05) is 6.07 Å². The number of hydrogen-bond donors (Lipinski definition) is 2. The molecular formula is C16H12F2N4O2. The number of aromatic amines is 1. The molecule has 0 saturated heterocycles. The van der Waals surface area contributed by atoms with Gasteiger partial charge in [-0.05, 0) is 24.3 Å². The van der Waals surface area contributed by atoms with Gasteiger partial charge in [0.1, 0.15) is 6.04 Å². The first-order valence-corrected chi connectivity index (χ1v) is 7.30. The predicted octanol–water partition coefficient (Wildman–Crippen LogP) is 2.56. The van der Waals surface area contributed by atoms with Crippen LogP contribution in [0.1, 0.15) is 23.0 Å². The van der Waals surface area contributed by atoms with Crippen LogP contribution in [0.5, 0.6) is 0 Å². The molecule has 1 fully saturated rings. The molecule has 6 nitrogen and oxygen atoms in total. The number of halogens is 2. The first kappa shape index (κ1) is 14.6. The Balaban J connectivity index is 1.61. The van der Waals surface area contributed by atoms with Crippen LogP contribution in [0.4, 0.5) is 14.5 Å². The molecule has 1 saturated carbocycles. The Morgan fingerprint density at radius 1 is 1.29 bits per heavy atom. The quantitative estimate of drug-likeness (QED) is 0.774. The van der Waals surface area contributed by atoms with Crippen molar-refractivity contribution in [1.82, 2.24) is 14.8 Å². The highest BCUT2D eigenvalue weighted by Crippen LogP contribution is 2.52. The molecule has 2 aromatic heterocycles. The molecule has 1 aliphatic carbocycles. The lowest BCUT2D eigenvalue weighted by molar-refractivity contribution is 0.0966. The van der Waals surface area contributed by atoms with Gasteiger partial charge in [0, 0.05) is 35.3 Å². The topological polar surface area (TPSA) is 79.8 Å². The van der Waals surface area contributed by atoms with E-state index in [0.717, 1.165) is 4.68 Å². The molecule has 1 aromatic carbocycles. The van der Waals surface area contributed by atoms with Gasteiger partial charge < -0.3 is 10.3 Å². The maximum Gasteiger partial charge on any atom is 0.276 e. The molecule has 0 bridgehead atoms. The number of amides is 1. The monoisotopic (exact) mass is 330 g/mol. The Bertz CT molecular complexity index is 1010. The van der Waals surface area contributed by atoms with E-state index in [0.29, 0.717) is 16.5 Å². The highest BCUT2D eigenvalue weighted by atomic mass is 19.3. The first-order chi connectivity index (χ1) is 11.5. The van der Waals surface area contributed by atoms with E-state index >= 15 is 0 Å². The van der Waals surface area contributed by atoms with Crippen LogP contribution in [0.2, 0.25) is 0 Å². The number of hydrogen-bond acceptors (Lipinski definition) is 3. The van der Waals surface area contributed by atoms with E-state index in [1.54, 1.807) is 24.3 Å². The van der Waals surface area contributed by atoms with Crippen LogP contribution in [-0.4, -0.2) is 26.6 Å². The van der Waals surface area contributed by atoms with Crippen molar-refractivity contribution in [3.05, 3.63) is 58.8 Å². The summed E-state index contributed by atoms with van der Waals surface area (Å²) in [5.74, 6) is -3.28. The Hall–Kier alpha value is -3.03. The number of carbonyl (C=O) groups excluding carboxylic acids is 1. The van der Waals surface area contributed by atoms with E-state index in [9.17, 15) is 18.4 Å². The molecule has 122 valence electrons. The largest absolute Gasteiger partial charge is 0.329 e. The Labute approximate surface area is 134 Å². The van der Waals surface area contributed by atoms with Gasteiger partial charge in [0.25, 0.3) is 17.4 Å². The number of aromatic nitrogens is 3. The zero-order valence-electron chi connectivity index (χ0n) is 12.3. The molecule has 24 heavy (non-hydrogen) atoms. The molecule has 1 atom stereocenters. The van der Waals surface area contributed by atoms with E-state index in [1.807, 2.05) is 0 Å². The second-order valence-corrected chi connectivity index (χ2v) is 5.69. The minimum absolute atomic E-state index is 0.0412. The van der Waals surface area contributed by atoms with Crippen LogP contribution in [0, 0.1) is 0 Å². The summed E-state index contributed by atoms with van der Waals surface area (Å²) < 4.78 is 27.2. The number of carbonyl (C=O) groups is 1. The zero-order valence-corrected chi connectivity index (χ0v) is 12.3. The smallest absolute Gasteiger partial charge is 0.276 e. The van der Waals surface area contributed by atoms with Gasteiger partial charge in [0.2, 0.25) is 0 Å². The summed E-state index contributed by atoms with van der Waals surface area (Å²) in [7, 11) is 0. The van der Waals surface area contributed by atoms with E-state index < -0.39 is 17.9 Å². The average Bonchev–Trinajstić information content (AvgIpc) is 2.98. The number of rotatable bonds is 3. The lowest BCUT2D eigenvalue weighted by Gasteiger charge is -2.07. The Morgan fingerprint density at radius 3 is 2.83 bits per heavy atom. The van der Waals surface area contributed by atoms with Crippen molar-refractivity contribution in [2.75, 3.05) is 5.32 Å². The van der Waals surface area contributed by atoms with Gasteiger partial charge in [-0.25, -0.2) is 8.78 Å². The summed E-state index contributed by atoms with van der Waals surface area (Å²) in [6.45, 7) is 0. The van der Waals surface area contributed by atoms with Gasteiger partial charge in [0.15, 0.2) is 5.69 Å². The molecule has 0 radical (unpaired) electrons. The summed E-state index contributed by atoms with van der Waals surface area (Å²) >= 11 is 0. The number of alkyl halides is 2. The molecule has 2 heterocycles. The van der Waals surface area contributed by atoms with E-state index in [-0.39, 0.29) is 17.7 Å². The van der Waals surface area contributed by atoms with Gasteiger partial charge in [0.05, 0.1) is 0 Å². The lowest BCUT2D eigenvalue weighted by Crippen LogP contribution is -2.15. The molecule has 1 amide bonds. The molecule has 1 aliphatic rings. The normalized spacial score (nSPS) is 18.5. The fourth-order valence-electron chi connectivity index (χ4n) is 2.64. The maximum atomic E-state index is 13.1. The predicted molar refractivity (Wildman–Crippen MR) is 83.3 cm³/mol. The number of anilines is 1. The summed E-state index contributed by atoms with van der Waals surface area (Å²) in [6.07, 6.45) is 2.60. The Morgan fingerprint density at radius 2 is 2.08 bits per heavy atom. The van der Waals surface area contributed by atoms with Crippen molar-refractivity contribution >= 4 is 22.4 Å². The van der Waals surface area contributed by atoms with Crippen molar-refractivity contribution in [2.24, 2.45) is 0 Å². The second kappa shape index (κ2) is 4.98. The highest BCUT2D eigenvalue weighted by molar-refractivity contribution is 6.08. The molecule has 4 rings (SSSR count). The summed E-state index contributed by atoms with van der Waals surface area (Å²) in [4.78, 5) is 26.6. The van der Waals surface area contributed by atoms with Crippen molar-refractivity contribution in [2.45, 2.75) is 18.4 Å². The van der Waals surface area contributed by atoms with Crippen LogP contribution in [0.3, 0.4) is 0 Å². The number of H-pyrrole nitrogens is 1. The second-order valence-electron chi connectivity index (χ2n) is 5.69. The van der Waals surface area contributed by atoms with Gasteiger partial charge in [-0.3, -0.25) is 14.3 Å². The van der Waals surface area contributed by atoms with Gasteiger partial charge >= 0.3 is 0 Å². The minimum atomic E-state index is -2.75. The standard InChI is InChI=1S/C16H12F2N4O2/c17-16(18)8-13(16)22-7-5-12(21-22)15(24)20-11-3-1-2-10-9(11)4-6-19-14(10)23/h1-7,13H,8H2,(H,19,23)(H,20,24). The van der Waals surface area contributed by atoms with Crippen molar-refractivity contribution in [1.29, 1.82) is 0 Å². The van der Waals surface area contributed by atoms with E-state index in [4.69, 9.17) is 0 Å². The molecule has 1 unspecified atom stereocenters. The minimum Gasteiger partial charge on any atom is -0.329 e. The van der Waals surface area contributed by atoms with Crippen molar-refractivity contribution in [3.8, 4) is 0 Å². The van der Waals surface area contributed by atoms with Crippen LogP contribution in [0.25, 0.3) is 10.8 Å². The maximum absolute atomic E-state index is 13.1. The molecule has 3 aromatic rings. The number of fused-ring (bicyclic) bond motifs is 1. The summed E-state index contributed by atoms with van der Waals surface area (Å²) in [6, 6.07) is 7.04. The number of nitrogens with zero attached hydrogens (tertiary/aromatic N) is 2. The third-order valence-corrected chi connectivity index (χ3v) is 4.02. The van der Waals surface area contributed by atoms with E-state index in [1.165, 1.54) is 18.5 Å². The first-order valence-electron chi connectivity index (χ1n) is 7.30. The molecule has 0 spiro atoms. The van der Waals surface area contributed by atoms with Gasteiger partial charge in [-0.15, -0.1) is 0 Å². The third kappa shape index (κ3) is 2.36. The van der Waals surface area contributed by atoms with E-state index in [2.05, 4.69) is 15.4 Å². The number of benzene rings is 1. The van der Waals surface area contributed by atoms with Crippen molar-refractivity contribution in [3.63, 3.8) is 0 Å². The summed E-state index contributed by atoms with van der Waals surface area (Å²) in [5, 5.41) is 7.61. The molecule has 8 heteroatoms. The SMILES string of the molecule is O=C(Nc1cccc2c(=O)[nH]ccc12)c1ccn(C2CC2(F)F)n1. The zero-order chi connectivity index (χ0) is 16.9. The Kier molecular flexibility index (Phi) is 3.02. The molecule has 0 aliphatic heterocycles. The number of nitrogens with one attached hydrogen (secondary N) is 2. The molecular weight excluding hydrogens is 318 g/mol. The number of pyridine rings is 1. The van der Waals surface area contributed by atoms with Crippen molar-refractivity contribution < 1.29 is 13.6 Å². The summed E-state index contributed by atoms with van der Waals surface area (Å²) in [5.41, 5.74) is 0.235. The molecule has 2 N–H and O–H groups in total. The fraction of sp³-hybridized carbons (Fsp3) is 0.188. The lowest BCUT2D eigenvalue weighted by atomic mass is 10.1. The average molecular weight is 330 g/mol. The highest BCUT2D eigenvalue weighted by Gasteiger charge is 2.59. The van der Waals surface area contributed by atoms with Crippen LogP contribution in [-0.2, 0) is 0 Å². The fourth-order valence-corrected chi connectivity index (χ4v) is 2.64. The van der Waals surface area contributed by atoms with Crippen LogP contribution < -0.4 is 10.9 Å². The van der Waals surface area contributed by atoms with Gasteiger partial charge in [-0.2, -0.15) is 5.10 Å². The van der Waals surface area contributed by atoms with Crippen LogP contribution in [0.15, 0.2) is 47.5 Å².